The van der Waals surface area contributed by atoms with Crippen LogP contribution in [0.5, 0.6) is 0 Å². The molecule has 9 nitrogen and oxygen atoms in total. The molecule has 2 heterocycles. The topological polar surface area (TPSA) is 122 Å². The van der Waals surface area contributed by atoms with Gasteiger partial charge in [0.2, 0.25) is 31.8 Å². The molecule has 1 saturated heterocycles. The van der Waals surface area contributed by atoms with Crippen molar-refractivity contribution in [3.8, 4) is 11.4 Å². The van der Waals surface area contributed by atoms with Crippen LogP contribution >= 0.6 is 0 Å². The highest BCUT2D eigenvalue weighted by molar-refractivity contribution is 7.89. The van der Waals surface area contributed by atoms with E-state index in [4.69, 9.17) is 4.52 Å². The first-order valence-electron chi connectivity index (χ1n) is 9.89. The lowest BCUT2D eigenvalue weighted by Gasteiger charge is -2.16. The van der Waals surface area contributed by atoms with Gasteiger partial charge in [0.25, 0.3) is 0 Å². The number of hydrogen-bond donors (Lipinski definition) is 1. The Hall–Kier alpha value is -2.67. The fourth-order valence-corrected chi connectivity index (χ4v) is 6.06. The second-order valence-corrected chi connectivity index (χ2v) is 11.0. The number of sulfonamides is 2. The van der Waals surface area contributed by atoms with E-state index in [2.05, 4.69) is 14.9 Å². The van der Waals surface area contributed by atoms with Gasteiger partial charge in [-0.3, -0.25) is 0 Å². The summed E-state index contributed by atoms with van der Waals surface area (Å²) in [5, 5.41) is 3.80. The van der Waals surface area contributed by atoms with Crippen molar-refractivity contribution in [1.82, 2.24) is 19.2 Å². The lowest BCUT2D eigenvalue weighted by molar-refractivity contribution is 0.354. The van der Waals surface area contributed by atoms with Crippen molar-refractivity contribution >= 4 is 20.0 Å². The molecular formula is C20H21FN4O5S2. The highest BCUT2D eigenvalue weighted by Crippen LogP contribution is 2.24. The van der Waals surface area contributed by atoms with Gasteiger partial charge in [-0.05, 0) is 68.3 Å². The van der Waals surface area contributed by atoms with Crippen LogP contribution in [0.3, 0.4) is 0 Å². The summed E-state index contributed by atoms with van der Waals surface area (Å²) in [6.45, 7) is 2.46. The minimum absolute atomic E-state index is 0.0288. The molecule has 1 N–H and O–H groups in total. The largest absolute Gasteiger partial charge is 0.337 e. The van der Waals surface area contributed by atoms with E-state index in [9.17, 15) is 21.2 Å². The number of nitrogens with zero attached hydrogens (tertiary/aromatic N) is 3. The van der Waals surface area contributed by atoms with E-state index < -0.39 is 31.9 Å². The van der Waals surface area contributed by atoms with E-state index in [1.807, 2.05) is 0 Å². The van der Waals surface area contributed by atoms with Crippen LogP contribution in [0, 0.1) is 5.82 Å². The van der Waals surface area contributed by atoms with E-state index in [-0.39, 0.29) is 21.5 Å². The van der Waals surface area contributed by atoms with Crippen LogP contribution in [0.15, 0.2) is 62.8 Å². The predicted molar refractivity (Wildman–Crippen MR) is 113 cm³/mol. The first-order valence-corrected chi connectivity index (χ1v) is 12.8. The van der Waals surface area contributed by atoms with Crippen LogP contribution in [0.4, 0.5) is 4.39 Å². The average Bonchev–Trinajstić information content (AvgIpc) is 3.47. The fourth-order valence-electron chi connectivity index (χ4n) is 3.35. The molecule has 0 amide bonds. The van der Waals surface area contributed by atoms with Crippen LogP contribution in [-0.4, -0.2) is 44.4 Å². The summed E-state index contributed by atoms with van der Waals surface area (Å²) in [4.78, 5) is 4.12. The molecule has 1 aliphatic rings. The average molecular weight is 481 g/mol. The summed E-state index contributed by atoms with van der Waals surface area (Å²) in [6.07, 6.45) is 1.62. The third kappa shape index (κ3) is 4.58. The van der Waals surface area contributed by atoms with Crippen LogP contribution in [0.1, 0.15) is 31.7 Å². The molecule has 0 bridgehead atoms. The van der Waals surface area contributed by atoms with Crippen molar-refractivity contribution in [3.63, 3.8) is 0 Å². The van der Waals surface area contributed by atoms with E-state index >= 15 is 0 Å². The molecule has 1 unspecified atom stereocenters. The van der Waals surface area contributed by atoms with Crippen molar-refractivity contribution in [2.24, 2.45) is 0 Å². The Morgan fingerprint density at radius 1 is 0.969 bits per heavy atom. The third-order valence-electron chi connectivity index (χ3n) is 5.08. The SMILES string of the molecule is CC(NS(=O)(=O)c1ccc(S(=O)(=O)N2CCCC2)cc1)c1nc(-c2ccc(F)cc2)no1. The molecule has 0 radical (unpaired) electrons. The van der Waals surface area contributed by atoms with Gasteiger partial charge in [-0.15, -0.1) is 0 Å². The minimum atomic E-state index is -3.99. The maximum atomic E-state index is 13.1. The molecule has 12 heteroatoms. The van der Waals surface area contributed by atoms with Gasteiger partial charge < -0.3 is 4.52 Å². The summed E-state index contributed by atoms with van der Waals surface area (Å²) < 4.78 is 72.8. The highest BCUT2D eigenvalue weighted by Gasteiger charge is 2.28. The lowest BCUT2D eigenvalue weighted by Crippen LogP contribution is -2.28. The summed E-state index contributed by atoms with van der Waals surface area (Å²) >= 11 is 0. The Kier molecular flexibility index (Phi) is 6.12. The molecule has 1 fully saturated rings. The summed E-state index contributed by atoms with van der Waals surface area (Å²) in [5.74, 6) is -0.179. The van der Waals surface area contributed by atoms with E-state index in [1.54, 1.807) is 0 Å². The van der Waals surface area contributed by atoms with Gasteiger partial charge in [0.1, 0.15) is 5.82 Å². The molecule has 0 spiro atoms. The van der Waals surface area contributed by atoms with Gasteiger partial charge in [0.05, 0.1) is 15.8 Å². The zero-order valence-electron chi connectivity index (χ0n) is 17.1. The Labute approximate surface area is 185 Å². The smallest absolute Gasteiger partial charge is 0.244 e. The second kappa shape index (κ2) is 8.70. The van der Waals surface area contributed by atoms with Crippen LogP contribution in [-0.2, 0) is 20.0 Å². The predicted octanol–water partition coefficient (Wildman–Crippen LogP) is 2.70. The van der Waals surface area contributed by atoms with Crippen molar-refractivity contribution in [1.29, 1.82) is 0 Å². The van der Waals surface area contributed by atoms with Crippen molar-refractivity contribution in [3.05, 3.63) is 60.2 Å². The van der Waals surface area contributed by atoms with E-state index in [1.165, 1.54) is 59.8 Å². The molecule has 1 aromatic heterocycles. The quantitative estimate of drug-likeness (QED) is 0.552. The second-order valence-electron chi connectivity index (χ2n) is 7.39. The third-order valence-corrected chi connectivity index (χ3v) is 8.55. The highest BCUT2D eigenvalue weighted by atomic mass is 32.2. The van der Waals surface area contributed by atoms with Crippen LogP contribution < -0.4 is 4.72 Å². The summed E-state index contributed by atoms with van der Waals surface area (Å²) in [5.41, 5.74) is 0.520. The van der Waals surface area contributed by atoms with Gasteiger partial charge in [0, 0.05) is 18.7 Å². The molecular weight excluding hydrogens is 459 g/mol. The first-order chi connectivity index (χ1) is 15.2. The number of halogens is 1. The Morgan fingerprint density at radius 3 is 2.19 bits per heavy atom. The van der Waals surface area contributed by atoms with Gasteiger partial charge >= 0.3 is 0 Å². The Bertz CT molecular complexity index is 1300. The lowest BCUT2D eigenvalue weighted by atomic mass is 10.2. The molecule has 170 valence electrons. The molecule has 4 rings (SSSR count). The normalized spacial score (nSPS) is 16.3. The Balaban J connectivity index is 1.48. The zero-order chi connectivity index (χ0) is 22.9. The summed E-state index contributed by atoms with van der Waals surface area (Å²) in [7, 11) is -7.62. The van der Waals surface area contributed by atoms with Gasteiger partial charge in [-0.2, -0.15) is 14.0 Å². The van der Waals surface area contributed by atoms with Gasteiger partial charge in [0.15, 0.2) is 0 Å². The molecule has 1 aliphatic heterocycles. The van der Waals surface area contributed by atoms with Crippen molar-refractivity contribution in [2.45, 2.75) is 35.6 Å². The molecule has 0 saturated carbocycles. The number of hydrogen-bond acceptors (Lipinski definition) is 7. The molecule has 1 atom stereocenters. The van der Waals surface area contributed by atoms with Crippen molar-refractivity contribution in [2.75, 3.05) is 13.1 Å². The van der Waals surface area contributed by atoms with Gasteiger partial charge in [-0.25, -0.2) is 21.2 Å². The van der Waals surface area contributed by atoms with E-state index in [0.717, 1.165) is 12.8 Å². The maximum Gasteiger partial charge on any atom is 0.244 e. The van der Waals surface area contributed by atoms with Gasteiger partial charge in [-0.1, -0.05) is 5.16 Å². The van der Waals surface area contributed by atoms with Crippen LogP contribution in [0.25, 0.3) is 11.4 Å². The first kappa shape index (κ1) is 22.5. The maximum absolute atomic E-state index is 13.1. The molecule has 32 heavy (non-hydrogen) atoms. The minimum Gasteiger partial charge on any atom is -0.337 e. The number of rotatable bonds is 7. The van der Waals surface area contributed by atoms with Crippen molar-refractivity contribution < 1.29 is 25.7 Å². The number of nitrogens with one attached hydrogen (secondary N) is 1. The fraction of sp³-hybridized carbons (Fsp3) is 0.300. The molecule has 3 aromatic rings. The Morgan fingerprint density at radius 2 is 1.56 bits per heavy atom. The van der Waals surface area contributed by atoms with E-state index in [0.29, 0.717) is 18.7 Å². The zero-order valence-corrected chi connectivity index (χ0v) is 18.7. The monoisotopic (exact) mass is 480 g/mol. The molecule has 2 aromatic carbocycles. The number of aromatic nitrogens is 2. The molecule has 0 aliphatic carbocycles. The number of benzene rings is 2. The standard InChI is InChI=1S/C20H21FN4O5S2/c1-14(20-22-19(23-30-20)15-4-6-16(21)7-5-15)24-31(26,27)17-8-10-18(11-9-17)32(28,29)25-12-2-3-13-25/h4-11,14,24H,2-3,12-13H2,1H3. The van der Waals surface area contributed by atoms with Crippen LogP contribution in [0.2, 0.25) is 0 Å². The summed E-state index contributed by atoms with van der Waals surface area (Å²) in [6, 6.07) is 9.68.